The highest BCUT2D eigenvalue weighted by Crippen LogP contribution is 2.17. The number of likely N-dealkylation sites (tertiary alicyclic amines) is 1. The Morgan fingerprint density at radius 3 is 2.17 bits per heavy atom. The number of hydrogen-bond acceptors (Lipinski definition) is 3. The Labute approximate surface area is 172 Å². The van der Waals surface area contributed by atoms with Gasteiger partial charge in [-0.3, -0.25) is 4.79 Å². The topological polar surface area (TPSA) is 66.5 Å². The Balaban J connectivity index is 1.86. The molecule has 1 aliphatic heterocycles. The molecule has 3 rings (SSSR count). The standard InChI is InChI=1S/C22H27FN2O3S/c23-19-13-7-8-14-21(19)29(27,28)24-20(17-18-11-5-4-6-12-18)22(26)25-15-9-2-1-3-10-16-25/h4-8,11-14,20,24H,1-3,9-10,15-17H2. The molecule has 1 atom stereocenters. The SMILES string of the molecule is O=C(C(Cc1ccccc1)NS(=O)(=O)c1ccccc1F)N1CCCCCCC1. The third-order valence-corrected chi connectivity index (χ3v) is 6.68. The molecule has 0 bridgehead atoms. The van der Waals surface area contributed by atoms with Crippen LogP contribution in [0.4, 0.5) is 4.39 Å². The highest BCUT2D eigenvalue weighted by molar-refractivity contribution is 7.89. The Morgan fingerprint density at radius 2 is 1.52 bits per heavy atom. The highest BCUT2D eigenvalue weighted by Gasteiger charge is 2.30. The van der Waals surface area contributed by atoms with Crippen molar-refractivity contribution in [1.29, 1.82) is 0 Å². The largest absolute Gasteiger partial charge is 0.341 e. The van der Waals surface area contributed by atoms with E-state index in [9.17, 15) is 17.6 Å². The number of halogens is 1. The molecule has 2 aromatic carbocycles. The predicted molar refractivity (Wildman–Crippen MR) is 110 cm³/mol. The first-order chi connectivity index (χ1) is 14.0. The minimum atomic E-state index is -4.18. The summed E-state index contributed by atoms with van der Waals surface area (Å²) in [6.07, 6.45) is 5.31. The average Bonchev–Trinajstić information content (AvgIpc) is 2.68. The number of sulfonamides is 1. The predicted octanol–water partition coefficient (Wildman–Crippen LogP) is 3.51. The number of benzene rings is 2. The molecule has 0 spiro atoms. The first kappa shape index (κ1) is 21.5. The lowest BCUT2D eigenvalue weighted by atomic mass is 10.0. The van der Waals surface area contributed by atoms with Gasteiger partial charge < -0.3 is 4.90 Å². The zero-order chi connectivity index (χ0) is 20.7. The first-order valence-corrected chi connectivity index (χ1v) is 11.6. The lowest BCUT2D eigenvalue weighted by Crippen LogP contribution is -2.50. The van der Waals surface area contributed by atoms with Crippen molar-refractivity contribution in [3.63, 3.8) is 0 Å². The van der Waals surface area contributed by atoms with E-state index in [4.69, 9.17) is 0 Å². The normalized spacial score (nSPS) is 16.7. The van der Waals surface area contributed by atoms with E-state index < -0.39 is 26.8 Å². The van der Waals surface area contributed by atoms with E-state index in [0.29, 0.717) is 13.1 Å². The maximum Gasteiger partial charge on any atom is 0.244 e. The van der Waals surface area contributed by atoms with Crippen LogP contribution in [-0.4, -0.2) is 38.4 Å². The molecule has 2 aromatic rings. The third-order valence-electron chi connectivity index (χ3n) is 5.17. The van der Waals surface area contributed by atoms with E-state index in [1.165, 1.54) is 18.2 Å². The van der Waals surface area contributed by atoms with Crippen molar-refractivity contribution < 1.29 is 17.6 Å². The monoisotopic (exact) mass is 418 g/mol. The zero-order valence-electron chi connectivity index (χ0n) is 16.4. The molecule has 1 amide bonds. The zero-order valence-corrected chi connectivity index (χ0v) is 17.2. The average molecular weight is 419 g/mol. The quantitative estimate of drug-likeness (QED) is 0.781. The van der Waals surface area contributed by atoms with Crippen LogP contribution >= 0.6 is 0 Å². The smallest absolute Gasteiger partial charge is 0.244 e. The van der Waals surface area contributed by atoms with Gasteiger partial charge in [-0.2, -0.15) is 4.72 Å². The molecule has 1 heterocycles. The fourth-order valence-electron chi connectivity index (χ4n) is 3.63. The van der Waals surface area contributed by atoms with Crippen molar-refractivity contribution in [2.75, 3.05) is 13.1 Å². The summed E-state index contributed by atoms with van der Waals surface area (Å²) in [6.45, 7) is 1.23. The molecule has 1 saturated heterocycles. The summed E-state index contributed by atoms with van der Waals surface area (Å²) in [5.41, 5.74) is 0.842. The third kappa shape index (κ3) is 5.87. The van der Waals surface area contributed by atoms with E-state index in [2.05, 4.69) is 4.72 Å². The van der Waals surface area contributed by atoms with Gasteiger partial charge in [-0.25, -0.2) is 12.8 Å². The van der Waals surface area contributed by atoms with Crippen LogP contribution in [0.5, 0.6) is 0 Å². The molecule has 1 N–H and O–H groups in total. The Kier molecular flexibility index (Phi) is 7.39. The summed E-state index contributed by atoms with van der Waals surface area (Å²) in [7, 11) is -4.18. The highest BCUT2D eigenvalue weighted by atomic mass is 32.2. The van der Waals surface area contributed by atoms with Crippen LogP contribution in [0.15, 0.2) is 59.5 Å². The Morgan fingerprint density at radius 1 is 0.931 bits per heavy atom. The number of nitrogens with zero attached hydrogens (tertiary/aromatic N) is 1. The number of carbonyl (C=O) groups is 1. The molecular formula is C22H27FN2O3S. The van der Waals surface area contributed by atoms with Gasteiger partial charge in [-0.15, -0.1) is 0 Å². The van der Waals surface area contributed by atoms with Gasteiger partial charge in [0.25, 0.3) is 0 Å². The van der Waals surface area contributed by atoms with Gasteiger partial charge in [0.15, 0.2) is 0 Å². The number of carbonyl (C=O) groups excluding carboxylic acids is 1. The van der Waals surface area contributed by atoms with Gasteiger partial charge in [-0.1, -0.05) is 61.7 Å². The molecule has 1 fully saturated rings. The summed E-state index contributed by atoms with van der Waals surface area (Å²) in [5.74, 6) is -1.09. The molecular weight excluding hydrogens is 391 g/mol. The van der Waals surface area contributed by atoms with E-state index in [-0.39, 0.29) is 12.3 Å². The number of hydrogen-bond donors (Lipinski definition) is 1. The van der Waals surface area contributed by atoms with Gasteiger partial charge in [0.2, 0.25) is 15.9 Å². The molecule has 0 saturated carbocycles. The summed E-state index contributed by atoms with van der Waals surface area (Å²) >= 11 is 0. The number of rotatable bonds is 6. The number of amides is 1. The molecule has 7 heteroatoms. The molecule has 0 aliphatic carbocycles. The van der Waals surface area contributed by atoms with Crippen molar-refractivity contribution in [3.05, 3.63) is 66.0 Å². The second-order valence-corrected chi connectivity index (χ2v) is 9.07. The molecule has 1 unspecified atom stereocenters. The van der Waals surface area contributed by atoms with E-state index >= 15 is 0 Å². The van der Waals surface area contributed by atoms with Crippen molar-refractivity contribution >= 4 is 15.9 Å². The van der Waals surface area contributed by atoms with E-state index in [1.807, 2.05) is 30.3 Å². The van der Waals surface area contributed by atoms with Crippen molar-refractivity contribution in [3.8, 4) is 0 Å². The second kappa shape index (κ2) is 9.98. The van der Waals surface area contributed by atoms with Crippen molar-refractivity contribution in [2.24, 2.45) is 0 Å². The molecule has 0 aromatic heterocycles. The van der Waals surface area contributed by atoms with Crippen molar-refractivity contribution in [2.45, 2.75) is 49.5 Å². The van der Waals surface area contributed by atoms with Crippen LogP contribution < -0.4 is 4.72 Å². The molecule has 0 radical (unpaired) electrons. The Bertz CT molecular complexity index is 911. The Hall–Kier alpha value is -2.25. The second-order valence-electron chi connectivity index (χ2n) is 7.39. The van der Waals surface area contributed by atoms with Crippen LogP contribution in [0.1, 0.15) is 37.7 Å². The summed E-state index contributed by atoms with van der Waals surface area (Å²) in [4.78, 5) is 14.6. The molecule has 5 nitrogen and oxygen atoms in total. The van der Waals surface area contributed by atoms with E-state index in [1.54, 1.807) is 4.90 Å². The van der Waals surface area contributed by atoms with Gasteiger partial charge >= 0.3 is 0 Å². The van der Waals surface area contributed by atoms with Gasteiger partial charge in [0.05, 0.1) is 0 Å². The molecule has 156 valence electrons. The summed E-state index contributed by atoms with van der Waals surface area (Å²) in [5, 5.41) is 0. The lowest BCUT2D eigenvalue weighted by molar-refractivity contribution is -0.133. The van der Waals surface area contributed by atoms with Crippen LogP contribution in [0.2, 0.25) is 0 Å². The van der Waals surface area contributed by atoms with Crippen molar-refractivity contribution in [1.82, 2.24) is 9.62 Å². The minimum Gasteiger partial charge on any atom is -0.341 e. The number of nitrogens with one attached hydrogen (secondary N) is 1. The maximum absolute atomic E-state index is 14.1. The van der Waals surface area contributed by atoms with Crippen LogP contribution in [0, 0.1) is 5.82 Å². The van der Waals surface area contributed by atoms with Gasteiger partial charge in [0.1, 0.15) is 16.8 Å². The van der Waals surface area contributed by atoms with Crippen LogP contribution in [-0.2, 0) is 21.2 Å². The molecule has 1 aliphatic rings. The van der Waals surface area contributed by atoms with Gasteiger partial charge in [0, 0.05) is 13.1 Å². The van der Waals surface area contributed by atoms with Crippen LogP contribution in [0.25, 0.3) is 0 Å². The van der Waals surface area contributed by atoms with Gasteiger partial charge in [-0.05, 0) is 37.0 Å². The fraction of sp³-hybridized carbons (Fsp3) is 0.409. The fourth-order valence-corrected chi connectivity index (χ4v) is 4.90. The minimum absolute atomic E-state index is 0.212. The summed E-state index contributed by atoms with van der Waals surface area (Å²) < 4.78 is 42.3. The first-order valence-electron chi connectivity index (χ1n) is 10.1. The van der Waals surface area contributed by atoms with Crippen LogP contribution in [0.3, 0.4) is 0 Å². The molecule has 29 heavy (non-hydrogen) atoms. The lowest BCUT2D eigenvalue weighted by Gasteiger charge is -2.29. The van der Waals surface area contributed by atoms with E-state index in [0.717, 1.165) is 43.7 Å². The summed E-state index contributed by atoms with van der Waals surface area (Å²) in [6, 6.07) is 13.5. The maximum atomic E-state index is 14.1.